The molecule has 2 rings (SSSR count). The number of anilines is 1. The van der Waals surface area contributed by atoms with Crippen molar-refractivity contribution in [3.63, 3.8) is 0 Å². The molecule has 0 amide bonds. The molecular formula is C16H27N5. The van der Waals surface area contributed by atoms with Crippen LogP contribution in [0.1, 0.15) is 38.8 Å². The maximum atomic E-state index is 4.63. The minimum atomic E-state index is 0.531. The van der Waals surface area contributed by atoms with E-state index in [0.717, 1.165) is 36.5 Å². The van der Waals surface area contributed by atoms with E-state index in [1.165, 1.54) is 12.8 Å². The summed E-state index contributed by atoms with van der Waals surface area (Å²) in [6.07, 6.45) is 6.29. The molecule has 2 aromatic rings. The van der Waals surface area contributed by atoms with Gasteiger partial charge in [0.25, 0.3) is 0 Å². The number of aryl methyl sites for hydroxylation is 1. The second-order valence-electron chi connectivity index (χ2n) is 5.77. The standard InChI is InChI=1S/C16H27N5/c1-5-7-13-11-16(21-15(19-13)9-10-18-21)17-12-14(8-6-2)20(3)4/h9-11,14,17H,5-8,12H2,1-4H3. The summed E-state index contributed by atoms with van der Waals surface area (Å²) < 4.78 is 1.89. The van der Waals surface area contributed by atoms with Crippen molar-refractivity contribution in [1.29, 1.82) is 0 Å². The topological polar surface area (TPSA) is 45.5 Å². The third-order valence-electron chi connectivity index (χ3n) is 3.79. The van der Waals surface area contributed by atoms with Crippen LogP contribution in [-0.2, 0) is 6.42 Å². The molecule has 0 spiro atoms. The zero-order valence-electron chi connectivity index (χ0n) is 13.6. The molecule has 0 aliphatic heterocycles. The summed E-state index contributed by atoms with van der Waals surface area (Å²) >= 11 is 0. The van der Waals surface area contributed by atoms with Gasteiger partial charge >= 0.3 is 0 Å². The van der Waals surface area contributed by atoms with Crippen molar-refractivity contribution in [2.45, 2.75) is 45.6 Å². The van der Waals surface area contributed by atoms with Gasteiger partial charge in [0.15, 0.2) is 5.65 Å². The normalized spacial score (nSPS) is 13.0. The Balaban J connectivity index is 2.18. The van der Waals surface area contributed by atoms with Crippen LogP contribution in [0.4, 0.5) is 5.82 Å². The van der Waals surface area contributed by atoms with Gasteiger partial charge in [0.2, 0.25) is 0 Å². The van der Waals surface area contributed by atoms with Crippen LogP contribution < -0.4 is 5.32 Å². The number of likely N-dealkylation sites (N-methyl/N-ethyl adjacent to an activating group) is 1. The molecule has 0 aromatic carbocycles. The number of hydrogen-bond donors (Lipinski definition) is 1. The third kappa shape index (κ3) is 3.94. The first-order chi connectivity index (χ1) is 10.2. The highest BCUT2D eigenvalue weighted by Gasteiger charge is 2.12. The summed E-state index contributed by atoms with van der Waals surface area (Å²) in [6.45, 7) is 5.33. The Morgan fingerprint density at radius 3 is 2.76 bits per heavy atom. The third-order valence-corrected chi connectivity index (χ3v) is 3.79. The lowest BCUT2D eigenvalue weighted by atomic mass is 10.1. The van der Waals surface area contributed by atoms with Gasteiger partial charge in [0.1, 0.15) is 5.82 Å². The Hall–Kier alpha value is -1.62. The molecule has 0 saturated heterocycles. The zero-order valence-corrected chi connectivity index (χ0v) is 13.6. The Morgan fingerprint density at radius 2 is 2.10 bits per heavy atom. The Bertz CT molecular complexity index is 561. The van der Waals surface area contributed by atoms with Crippen molar-refractivity contribution >= 4 is 11.5 Å². The van der Waals surface area contributed by atoms with Crippen molar-refractivity contribution in [2.24, 2.45) is 0 Å². The molecule has 0 radical (unpaired) electrons. The van der Waals surface area contributed by atoms with Crippen LogP contribution in [0.3, 0.4) is 0 Å². The first-order valence-electron chi connectivity index (χ1n) is 7.89. The maximum Gasteiger partial charge on any atom is 0.157 e. The molecule has 5 nitrogen and oxygen atoms in total. The minimum absolute atomic E-state index is 0.531. The van der Waals surface area contributed by atoms with Gasteiger partial charge in [0.05, 0.1) is 6.20 Å². The highest BCUT2D eigenvalue weighted by molar-refractivity contribution is 5.49. The molecule has 1 atom stereocenters. The van der Waals surface area contributed by atoms with Gasteiger partial charge in [-0.1, -0.05) is 26.7 Å². The van der Waals surface area contributed by atoms with E-state index in [4.69, 9.17) is 0 Å². The summed E-state index contributed by atoms with van der Waals surface area (Å²) in [5, 5.41) is 7.92. The molecule has 1 unspecified atom stereocenters. The Labute approximate surface area is 127 Å². The number of rotatable bonds is 8. The van der Waals surface area contributed by atoms with Crippen LogP contribution in [0.15, 0.2) is 18.3 Å². The molecule has 0 fully saturated rings. The molecule has 5 heteroatoms. The molecule has 116 valence electrons. The van der Waals surface area contributed by atoms with Gasteiger partial charge in [-0.25, -0.2) is 4.98 Å². The first-order valence-corrected chi connectivity index (χ1v) is 7.89. The van der Waals surface area contributed by atoms with E-state index in [-0.39, 0.29) is 0 Å². The maximum absolute atomic E-state index is 4.63. The van der Waals surface area contributed by atoms with E-state index in [9.17, 15) is 0 Å². The summed E-state index contributed by atoms with van der Waals surface area (Å²) in [7, 11) is 4.28. The highest BCUT2D eigenvalue weighted by atomic mass is 15.3. The summed E-state index contributed by atoms with van der Waals surface area (Å²) in [4.78, 5) is 6.92. The van der Waals surface area contributed by atoms with E-state index >= 15 is 0 Å². The van der Waals surface area contributed by atoms with Crippen molar-refractivity contribution < 1.29 is 0 Å². The lowest BCUT2D eigenvalue weighted by Gasteiger charge is -2.24. The van der Waals surface area contributed by atoms with Gasteiger partial charge in [-0.05, 0) is 26.9 Å². The molecule has 21 heavy (non-hydrogen) atoms. The average Bonchev–Trinajstić information content (AvgIpc) is 2.91. The molecule has 0 bridgehead atoms. The average molecular weight is 289 g/mol. The number of aromatic nitrogens is 3. The lowest BCUT2D eigenvalue weighted by Crippen LogP contribution is -2.34. The van der Waals surface area contributed by atoms with E-state index in [1.807, 2.05) is 10.6 Å². The van der Waals surface area contributed by atoms with Crippen molar-refractivity contribution in [3.05, 3.63) is 24.0 Å². The van der Waals surface area contributed by atoms with E-state index in [1.54, 1.807) is 6.20 Å². The molecule has 2 heterocycles. The smallest absolute Gasteiger partial charge is 0.157 e. The summed E-state index contributed by atoms with van der Waals surface area (Å²) in [6, 6.07) is 4.62. The van der Waals surface area contributed by atoms with Crippen LogP contribution >= 0.6 is 0 Å². The van der Waals surface area contributed by atoms with Crippen LogP contribution in [0.25, 0.3) is 5.65 Å². The summed E-state index contributed by atoms with van der Waals surface area (Å²) in [5.41, 5.74) is 2.05. The van der Waals surface area contributed by atoms with Crippen molar-refractivity contribution in [2.75, 3.05) is 26.0 Å². The predicted octanol–water partition coefficient (Wildman–Crippen LogP) is 2.82. The molecular weight excluding hydrogens is 262 g/mol. The lowest BCUT2D eigenvalue weighted by molar-refractivity contribution is 0.288. The van der Waals surface area contributed by atoms with Gasteiger partial charge in [0, 0.05) is 30.4 Å². The summed E-state index contributed by atoms with van der Waals surface area (Å²) in [5.74, 6) is 1.04. The molecule has 2 aromatic heterocycles. The Morgan fingerprint density at radius 1 is 1.29 bits per heavy atom. The van der Waals surface area contributed by atoms with Crippen LogP contribution in [-0.4, -0.2) is 46.2 Å². The quantitative estimate of drug-likeness (QED) is 0.811. The SMILES string of the molecule is CCCc1cc(NCC(CCC)N(C)C)n2nccc2n1. The fourth-order valence-corrected chi connectivity index (χ4v) is 2.57. The second-order valence-corrected chi connectivity index (χ2v) is 5.77. The monoisotopic (exact) mass is 289 g/mol. The number of fused-ring (bicyclic) bond motifs is 1. The highest BCUT2D eigenvalue weighted by Crippen LogP contribution is 2.14. The number of nitrogens with zero attached hydrogens (tertiary/aromatic N) is 4. The molecule has 0 saturated carbocycles. The number of hydrogen-bond acceptors (Lipinski definition) is 4. The van der Waals surface area contributed by atoms with Gasteiger partial charge in [-0.2, -0.15) is 9.61 Å². The van der Waals surface area contributed by atoms with Crippen molar-refractivity contribution in [1.82, 2.24) is 19.5 Å². The predicted molar refractivity (Wildman–Crippen MR) is 87.9 cm³/mol. The Kier molecular flexibility index (Phi) is 5.56. The fraction of sp³-hybridized carbons (Fsp3) is 0.625. The number of nitrogens with one attached hydrogen (secondary N) is 1. The first kappa shape index (κ1) is 15.8. The van der Waals surface area contributed by atoms with E-state index < -0.39 is 0 Å². The second kappa shape index (κ2) is 7.41. The molecule has 0 aliphatic carbocycles. The zero-order chi connectivity index (χ0) is 15.2. The molecule has 1 N–H and O–H groups in total. The van der Waals surface area contributed by atoms with Crippen LogP contribution in [0.5, 0.6) is 0 Å². The van der Waals surface area contributed by atoms with Crippen LogP contribution in [0, 0.1) is 0 Å². The van der Waals surface area contributed by atoms with E-state index in [2.05, 4.69) is 54.3 Å². The largest absolute Gasteiger partial charge is 0.368 e. The van der Waals surface area contributed by atoms with Crippen LogP contribution in [0.2, 0.25) is 0 Å². The van der Waals surface area contributed by atoms with Crippen molar-refractivity contribution in [3.8, 4) is 0 Å². The van der Waals surface area contributed by atoms with E-state index in [0.29, 0.717) is 6.04 Å². The minimum Gasteiger partial charge on any atom is -0.368 e. The van der Waals surface area contributed by atoms with Gasteiger partial charge in [-0.15, -0.1) is 0 Å². The van der Waals surface area contributed by atoms with Gasteiger partial charge < -0.3 is 10.2 Å². The fourth-order valence-electron chi connectivity index (χ4n) is 2.57. The molecule has 0 aliphatic rings. The van der Waals surface area contributed by atoms with Gasteiger partial charge in [-0.3, -0.25) is 0 Å².